The minimum Gasteiger partial charge on any atom is -0.338 e. The number of carbonyl (C=O) groups is 1. The van der Waals surface area contributed by atoms with E-state index in [1.165, 1.54) is 17.8 Å². The Morgan fingerprint density at radius 3 is 3.00 bits per heavy atom. The van der Waals surface area contributed by atoms with Crippen LogP contribution in [0.3, 0.4) is 0 Å². The van der Waals surface area contributed by atoms with Crippen LogP contribution in [-0.2, 0) is 6.54 Å². The van der Waals surface area contributed by atoms with Crippen LogP contribution < -0.4 is 0 Å². The van der Waals surface area contributed by atoms with Gasteiger partial charge in [0.1, 0.15) is 5.01 Å². The Bertz CT molecular complexity index is 690. The molecule has 4 heterocycles. The van der Waals surface area contributed by atoms with Gasteiger partial charge in [-0.3, -0.25) is 14.7 Å². The first-order valence-electron chi connectivity index (χ1n) is 8.54. The maximum atomic E-state index is 12.7. The van der Waals surface area contributed by atoms with Crippen LogP contribution in [0.1, 0.15) is 34.6 Å². The minimum absolute atomic E-state index is 0.126. The second-order valence-corrected chi connectivity index (χ2v) is 7.94. The fourth-order valence-corrected chi connectivity index (χ4v) is 4.73. The van der Waals surface area contributed by atoms with Gasteiger partial charge in [0.25, 0.3) is 5.91 Å². The average molecular weight is 342 g/mol. The number of thiazole rings is 1. The molecule has 4 rings (SSSR count). The lowest BCUT2D eigenvalue weighted by Gasteiger charge is -2.40. The van der Waals surface area contributed by atoms with Gasteiger partial charge < -0.3 is 4.90 Å². The van der Waals surface area contributed by atoms with E-state index in [0.29, 0.717) is 5.56 Å². The highest BCUT2D eigenvalue weighted by Crippen LogP contribution is 2.39. The number of pyridine rings is 1. The van der Waals surface area contributed by atoms with Gasteiger partial charge in [0.05, 0.1) is 12.1 Å². The van der Waals surface area contributed by atoms with Crippen molar-refractivity contribution in [3.05, 3.63) is 46.7 Å². The zero-order valence-electron chi connectivity index (χ0n) is 13.7. The van der Waals surface area contributed by atoms with Crippen molar-refractivity contribution in [2.45, 2.75) is 25.8 Å². The molecule has 0 aromatic carbocycles. The van der Waals surface area contributed by atoms with Gasteiger partial charge >= 0.3 is 0 Å². The SMILES string of the molecule is O=C(c1cccnc1)N1CCC[C@]2(CCN(Cc3nccs3)C2)C1. The molecule has 1 atom stereocenters. The highest BCUT2D eigenvalue weighted by molar-refractivity contribution is 7.09. The van der Waals surface area contributed by atoms with Gasteiger partial charge in [0.2, 0.25) is 0 Å². The highest BCUT2D eigenvalue weighted by atomic mass is 32.1. The summed E-state index contributed by atoms with van der Waals surface area (Å²) < 4.78 is 0. The molecule has 2 aliphatic rings. The Labute approximate surface area is 146 Å². The summed E-state index contributed by atoms with van der Waals surface area (Å²) in [5, 5.41) is 3.22. The van der Waals surface area contributed by atoms with Crippen LogP contribution in [0.2, 0.25) is 0 Å². The molecule has 2 aromatic rings. The fraction of sp³-hybridized carbons (Fsp3) is 0.500. The number of rotatable bonds is 3. The van der Waals surface area contributed by atoms with Crippen molar-refractivity contribution in [3.8, 4) is 0 Å². The smallest absolute Gasteiger partial charge is 0.255 e. The third-order valence-corrected chi connectivity index (χ3v) is 5.98. The van der Waals surface area contributed by atoms with Gasteiger partial charge in [-0.05, 0) is 37.9 Å². The molecule has 6 heteroatoms. The van der Waals surface area contributed by atoms with Crippen LogP contribution in [0.15, 0.2) is 36.1 Å². The van der Waals surface area contributed by atoms with Crippen LogP contribution in [0.4, 0.5) is 0 Å². The third kappa shape index (κ3) is 3.21. The summed E-state index contributed by atoms with van der Waals surface area (Å²) >= 11 is 1.72. The van der Waals surface area contributed by atoms with Crippen molar-refractivity contribution in [1.29, 1.82) is 0 Å². The molecule has 1 amide bonds. The van der Waals surface area contributed by atoms with Crippen LogP contribution in [-0.4, -0.2) is 51.9 Å². The average Bonchev–Trinajstić information content (AvgIpc) is 3.26. The lowest BCUT2D eigenvalue weighted by Crippen LogP contribution is -2.47. The molecule has 5 nitrogen and oxygen atoms in total. The molecule has 2 saturated heterocycles. The molecular weight excluding hydrogens is 320 g/mol. The topological polar surface area (TPSA) is 49.3 Å². The fourth-order valence-electron chi connectivity index (χ4n) is 4.07. The van der Waals surface area contributed by atoms with E-state index in [0.717, 1.165) is 39.1 Å². The molecular formula is C18H22N4OS. The summed E-state index contributed by atoms with van der Waals surface area (Å²) in [5.74, 6) is 0.126. The van der Waals surface area contributed by atoms with Gasteiger partial charge in [0, 0.05) is 49.0 Å². The second kappa shape index (κ2) is 6.61. The highest BCUT2D eigenvalue weighted by Gasteiger charge is 2.42. The monoisotopic (exact) mass is 342 g/mol. The van der Waals surface area contributed by atoms with E-state index < -0.39 is 0 Å². The first-order valence-corrected chi connectivity index (χ1v) is 9.42. The molecule has 24 heavy (non-hydrogen) atoms. The Hall–Kier alpha value is -1.79. The van der Waals surface area contributed by atoms with Crippen molar-refractivity contribution in [2.75, 3.05) is 26.2 Å². The zero-order valence-corrected chi connectivity index (χ0v) is 14.5. The molecule has 0 radical (unpaired) electrons. The van der Waals surface area contributed by atoms with Gasteiger partial charge in [-0.25, -0.2) is 4.98 Å². The number of amides is 1. The van der Waals surface area contributed by atoms with Crippen LogP contribution in [0.25, 0.3) is 0 Å². The summed E-state index contributed by atoms with van der Waals surface area (Å²) in [4.78, 5) is 25.8. The summed E-state index contributed by atoms with van der Waals surface area (Å²) in [7, 11) is 0. The van der Waals surface area contributed by atoms with Crippen LogP contribution >= 0.6 is 11.3 Å². The number of likely N-dealkylation sites (tertiary alicyclic amines) is 2. The summed E-state index contributed by atoms with van der Waals surface area (Å²) in [6, 6.07) is 3.69. The van der Waals surface area contributed by atoms with E-state index in [1.54, 1.807) is 23.7 Å². The largest absolute Gasteiger partial charge is 0.338 e. The maximum Gasteiger partial charge on any atom is 0.255 e. The van der Waals surface area contributed by atoms with Gasteiger partial charge in [0.15, 0.2) is 0 Å². The Morgan fingerprint density at radius 1 is 1.25 bits per heavy atom. The predicted molar refractivity (Wildman–Crippen MR) is 93.8 cm³/mol. The molecule has 1 spiro atoms. The molecule has 2 fully saturated rings. The molecule has 126 valence electrons. The molecule has 2 aromatic heterocycles. The van der Waals surface area contributed by atoms with Crippen LogP contribution in [0.5, 0.6) is 0 Å². The van der Waals surface area contributed by atoms with Gasteiger partial charge in [-0.2, -0.15) is 0 Å². The molecule has 2 aliphatic heterocycles. The van der Waals surface area contributed by atoms with Crippen molar-refractivity contribution in [1.82, 2.24) is 19.8 Å². The number of hydrogen-bond donors (Lipinski definition) is 0. The summed E-state index contributed by atoms with van der Waals surface area (Å²) in [5.41, 5.74) is 0.958. The van der Waals surface area contributed by atoms with Crippen LogP contribution in [0, 0.1) is 5.41 Å². The van der Waals surface area contributed by atoms with Crippen molar-refractivity contribution < 1.29 is 4.79 Å². The quantitative estimate of drug-likeness (QED) is 0.860. The molecule has 0 N–H and O–H groups in total. The van der Waals surface area contributed by atoms with Gasteiger partial charge in [-0.1, -0.05) is 0 Å². The summed E-state index contributed by atoms with van der Waals surface area (Å²) in [6.07, 6.45) is 8.75. The second-order valence-electron chi connectivity index (χ2n) is 6.96. The lowest BCUT2D eigenvalue weighted by molar-refractivity contribution is 0.0526. The third-order valence-electron chi connectivity index (χ3n) is 5.22. The number of carbonyl (C=O) groups excluding carboxylic acids is 1. The van der Waals surface area contributed by atoms with Crippen molar-refractivity contribution >= 4 is 17.2 Å². The van der Waals surface area contributed by atoms with E-state index >= 15 is 0 Å². The first-order chi connectivity index (χ1) is 11.7. The maximum absolute atomic E-state index is 12.7. The van der Waals surface area contributed by atoms with E-state index in [1.807, 2.05) is 28.6 Å². The zero-order chi connectivity index (χ0) is 16.4. The molecule has 0 saturated carbocycles. The number of piperidine rings is 1. The number of nitrogens with zero attached hydrogens (tertiary/aromatic N) is 4. The normalized spacial score (nSPS) is 24.6. The van der Waals surface area contributed by atoms with Crippen molar-refractivity contribution in [3.63, 3.8) is 0 Å². The Kier molecular flexibility index (Phi) is 4.33. The number of aromatic nitrogens is 2. The van der Waals surface area contributed by atoms with Crippen molar-refractivity contribution in [2.24, 2.45) is 5.41 Å². The minimum atomic E-state index is 0.126. The van der Waals surface area contributed by atoms with E-state index in [-0.39, 0.29) is 11.3 Å². The van der Waals surface area contributed by atoms with E-state index in [9.17, 15) is 4.79 Å². The van der Waals surface area contributed by atoms with E-state index in [4.69, 9.17) is 0 Å². The standard InChI is InChI=1S/C18H22N4OS/c23-17(15-3-1-6-19-11-15)22-8-2-4-18(14-22)5-9-21(13-18)12-16-20-7-10-24-16/h1,3,6-7,10-11H,2,4-5,8-9,12-14H2/t18-/m1/s1. The van der Waals surface area contributed by atoms with Gasteiger partial charge in [-0.15, -0.1) is 11.3 Å². The summed E-state index contributed by atoms with van der Waals surface area (Å²) in [6.45, 7) is 4.85. The first kappa shape index (κ1) is 15.7. The molecule has 0 bridgehead atoms. The van der Waals surface area contributed by atoms with E-state index in [2.05, 4.69) is 14.9 Å². The lowest BCUT2D eigenvalue weighted by atomic mass is 9.79. The Balaban J connectivity index is 1.42. The number of hydrogen-bond acceptors (Lipinski definition) is 5. The Morgan fingerprint density at radius 2 is 2.21 bits per heavy atom. The molecule has 0 unspecified atom stereocenters. The predicted octanol–water partition coefficient (Wildman–Crippen LogP) is 2.67. The molecule has 0 aliphatic carbocycles.